The largest absolute Gasteiger partial charge is 0.340 e. The van der Waals surface area contributed by atoms with Crippen LogP contribution in [0.3, 0.4) is 0 Å². The molecule has 2 aliphatic rings. The molecule has 1 heterocycles. The van der Waals surface area contributed by atoms with Crippen molar-refractivity contribution in [2.45, 2.75) is 70.4 Å². The van der Waals surface area contributed by atoms with E-state index in [9.17, 15) is 9.59 Å². The predicted molar refractivity (Wildman–Crippen MR) is 87.4 cm³/mol. The van der Waals surface area contributed by atoms with Gasteiger partial charge >= 0.3 is 0 Å². The second kappa shape index (κ2) is 7.52. The van der Waals surface area contributed by atoms with Crippen LogP contribution in [0.4, 0.5) is 0 Å². The van der Waals surface area contributed by atoms with Gasteiger partial charge in [-0.3, -0.25) is 9.59 Å². The Kier molecular flexibility index (Phi) is 5.97. The van der Waals surface area contributed by atoms with Crippen molar-refractivity contribution < 1.29 is 9.59 Å². The van der Waals surface area contributed by atoms with Crippen LogP contribution in [0.1, 0.15) is 58.8 Å². The fourth-order valence-electron chi connectivity index (χ4n) is 3.57. The van der Waals surface area contributed by atoms with E-state index in [1.807, 2.05) is 23.6 Å². The SMILES string of the molecule is CCSCCCN1C(=O)C2(CCCCC2)NC(=O)C1CC. The zero-order chi connectivity index (χ0) is 15.3. The molecule has 1 atom stereocenters. The van der Waals surface area contributed by atoms with Crippen molar-refractivity contribution in [2.75, 3.05) is 18.1 Å². The average molecular weight is 312 g/mol. The van der Waals surface area contributed by atoms with E-state index in [1.165, 1.54) is 6.42 Å². The molecule has 2 rings (SSSR count). The summed E-state index contributed by atoms with van der Waals surface area (Å²) in [6.45, 7) is 4.86. The molecule has 4 nitrogen and oxygen atoms in total. The Labute approximate surface area is 132 Å². The van der Waals surface area contributed by atoms with Crippen molar-refractivity contribution >= 4 is 23.6 Å². The lowest BCUT2D eigenvalue weighted by molar-refractivity contribution is -0.156. The van der Waals surface area contributed by atoms with Crippen LogP contribution >= 0.6 is 11.8 Å². The Balaban J connectivity index is 2.08. The Morgan fingerprint density at radius 1 is 1.24 bits per heavy atom. The number of carbonyl (C=O) groups is 2. The minimum absolute atomic E-state index is 0.0575. The Morgan fingerprint density at radius 2 is 1.95 bits per heavy atom. The van der Waals surface area contributed by atoms with E-state index in [4.69, 9.17) is 0 Å². The topological polar surface area (TPSA) is 49.4 Å². The third-order valence-electron chi connectivity index (χ3n) is 4.70. The second-order valence-corrected chi connectivity index (χ2v) is 7.50. The molecule has 0 radical (unpaired) electrons. The number of rotatable bonds is 6. The molecule has 0 aromatic rings. The number of nitrogens with zero attached hydrogens (tertiary/aromatic N) is 1. The Bertz CT molecular complexity index is 380. The lowest BCUT2D eigenvalue weighted by atomic mass is 9.78. The van der Waals surface area contributed by atoms with Crippen LogP contribution in [0.15, 0.2) is 0 Å². The zero-order valence-electron chi connectivity index (χ0n) is 13.3. The molecular weight excluding hydrogens is 284 g/mol. The molecule has 21 heavy (non-hydrogen) atoms. The van der Waals surface area contributed by atoms with Gasteiger partial charge in [0, 0.05) is 6.54 Å². The van der Waals surface area contributed by atoms with Crippen molar-refractivity contribution in [3.05, 3.63) is 0 Å². The molecule has 1 saturated carbocycles. The summed E-state index contributed by atoms with van der Waals surface area (Å²) in [5.74, 6) is 2.40. The smallest absolute Gasteiger partial charge is 0.249 e. The quantitative estimate of drug-likeness (QED) is 0.767. The second-order valence-electron chi connectivity index (χ2n) is 6.11. The first-order valence-electron chi connectivity index (χ1n) is 8.35. The van der Waals surface area contributed by atoms with Crippen LogP contribution in [-0.4, -0.2) is 46.3 Å². The van der Waals surface area contributed by atoms with Gasteiger partial charge in [0.15, 0.2) is 0 Å². The number of nitrogens with one attached hydrogen (secondary N) is 1. The molecule has 0 bridgehead atoms. The predicted octanol–water partition coefficient (Wildman–Crippen LogP) is 2.57. The number of thioether (sulfide) groups is 1. The first kappa shape index (κ1) is 16.7. The van der Waals surface area contributed by atoms with E-state index >= 15 is 0 Å². The maximum absolute atomic E-state index is 13.0. The summed E-state index contributed by atoms with van der Waals surface area (Å²) in [6, 6.07) is -0.267. The lowest BCUT2D eigenvalue weighted by Gasteiger charge is -2.47. The highest BCUT2D eigenvalue weighted by molar-refractivity contribution is 7.99. The van der Waals surface area contributed by atoms with Crippen molar-refractivity contribution in [1.82, 2.24) is 10.2 Å². The van der Waals surface area contributed by atoms with Crippen molar-refractivity contribution in [3.63, 3.8) is 0 Å². The number of hydrogen-bond donors (Lipinski definition) is 1. The van der Waals surface area contributed by atoms with Gasteiger partial charge < -0.3 is 10.2 Å². The van der Waals surface area contributed by atoms with Gasteiger partial charge in [-0.25, -0.2) is 0 Å². The molecule has 1 aliphatic carbocycles. The van der Waals surface area contributed by atoms with Crippen LogP contribution in [0, 0.1) is 0 Å². The van der Waals surface area contributed by atoms with Gasteiger partial charge in [-0.1, -0.05) is 33.1 Å². The molecule has 5 heteroatoms. The van der Waals surface area contributed by atoms with Crippen LogP contribution in [0.25, 0.3) is 0 Å². The first-order valence-corrected chi connectivity index (χ1v) is 9.51. The van der Waals surface area contributed by atoms with E-state index in [-0.39, 0.29) is 17.9 Å². The zero-order valence-corrected chi connectivity index (χ0v) is 14.1. The van der Waals surface area contributed by atoms with E-state index in [2.05, 4.69) is 12.2 Å². The standard InChI is InChI=1S/C16H28N2O2S/c1-3-13-14(19)17-16(9-6-5-7-10-16)15(20)18(13)11-8-12-21-4-2/h13H,3-12H2,1-2H3,(H,17,19). The summed E-state index contributed by atoms with van der Waals surface area (Å²) in [5, 5.41) is 3.08. The average Bonchev–Trinajstić information content (AvgIpc) is 2.49. The number of hydrogen-bond acceptors (Lipinski definition) is 3. The highest BCUT2D eigenvalue weighted by atomic mass is 32.2. The fourth-order valence-corrected chi connectivity index (χ4v) is 4.19. The number of carbonyl (C=O) groups excluding carboxylic acids is 2. The van der Waals surface area contributed by atoms with Gasteiger partial charge in [0.1, 0.15) is 11.6 Å². The van der Waals surface area contributed by atoms with Gasteiger partial charge in [0.2, 0.25) is 11.8 Å². The van der Waals surface area contributed by atoms with Gasteiger partial charge in [0.05, 0.1) is 0 Å². The Hall–Kier alpha value is -0.710. The number of piperazine rings is 1. The highest BCUT2D eigenvalue weighted by Crippen LogP contribution is 2.33. The minimum atomic E-state index is -0.584. The maximum Gasteiger partial charge on any atom is 0.249 e. The molecule has 2 fully saturated rings. The maximum atomic E-state index is 13.0. The molecule has 2 amide bonds. The van der Waals surface area contributed by atoms with Crippen molar-refractivity contribution in [1.29, 1.82) is 0 Å². The minimum Gasteiger partial charge on any atom is -0.340 e. The summed E-state index contributed by atoms with van der Waals surface area (Å²) >= 11 is 1.90. The third-order valence-corrected chi connectivity index (χ3v) is 5.68. The monoisotopic (exact) mass is 312 g/mol. The van der Waals surface area contributed by atoms with Crippen LogP contribution in [-0.2, 0) is 9.59 Å². The first-order chi connectivity index (χ1) is 10.1. The van der Waals surface area contributed by atoms with E-state index < -0.39 is 5.54 Å². The molecule has 1 unspecified atom stereocenters. The van der Waals surface area contributed by atoms with Crippen LogP contribution in [0.5, 0.6) is 0 Å². The van der Waals surface area contributed by atoms with E-state index in [0.717, 1.165) is 50.2 Å². The molecule has 1 N–H and O–H groups in total. The van der Waals surface area contributed by atoms with Crippen LogP contribution < -0.4 is 5.32 Å². The molecule has 0 aromatic carbocycles. The van der Waals surface area contributed by atoms with Crippen LogP contribution in [0.2, 0.25) is 0 Å². The van der Waals surface area contributed by atoms with Gasteiger partial charge in [0.25, 0.3) is 0 Å². The molecule has 1 saturated heterocycles. The molecule has 0 aromatic heterocycles. The summed E-state index contributed by atoms with van der Waals surface area (Å²) in [5.41, 5.74) is -0.584. The molecule has 120 valence electrons. The van der Waals surface area contributed by atoms with Gasteiger partial charge in [-0.05, 0) is 37.2 Å². The fraction of sp³-hybridized carbons (Fsp3) is 0.875. The summed E-state index contributed by atoms with van der Waals surface area (Å²) in [4.78, 5) is 27.3. The van der Waals surface area contributed by atoms with E-state index in [1.54, 1.807) is 0 Å². The summed E-state index contributed by atoms with van der Waals surface area (Å²) in [7, 11) is 0. The molecule has 1 aliphatic heterocycles. The van der Waals surface area contributed by atoms with E-state index in [0.29, 0.717) is 6.42 Å². The van der Waals surface area contributed by atoms with Gasteiger partial charge in [-0.15, -0.1) is 0 Å². The van der Waals surface area contributed by atoms with Gasteiger partial charge in [-0.2, -0.15) is 11.8 Å². The number of amides is 2. The molecular formula is C16H28N2O2S. The normalized spacial score (nSPS) is 25.2. The Morgan fingerprint density at radius 3 is 2.57 bits per heavy atom. The summed E-state index contributed by atoms with van der Waals surface area (Å²) in [6.07, 6.45) is 6.57. The molecule has 1 spiro atoms. The highest BCUT2D eigenvalue weighted by Gasteiger charge is 2.50. The lowest BCUT2D eigenvalue weighted by Crippen LogP contribution is -2.70. The third kappa shape index (κ3) is 3.55. The van der Waals surface area contributed by atoms with Crippen molar-refractivity contribution in [3.8, 4) is 0 Å². The summed E-state index contributed by atoms with van der Waals surface area (Å²) < 4.78 is 0. The van der Waals surface area contributed by atoms with Crippen molar-refractivity contribution in [2.24, 2.45) is 0 Å².